The van der Waals surface area contributed by atoms with Gasteiger partial charge in [0, 0.05) is 6.20 Å². The van der Waals surface area contributed by atoms with E-state index in [0.29, 0.717) is 24.7 Å². The highest BCUT2D eigenvalue weighted by molar-refractivity contribution is 5.93. The Balaban J connectivity index is 1.81. The standard InChI is InChI=1S/C13H19N3O2/c1-2-18-13-11(4-3-7-15-13)16-12(17)9-14-8-10-5-6-10/h3-4,7,10,14H,2,5-6,8-9H2,1H3,(H,16,17). The van der Waals surface area contributed by atoms with Crippen LogP contribution in [0.15, 0.2) is 18.3 Å². The van der Waals surface area contributed by atoms with Crippen LogP contribution in [0.5, 0.6) is 5.88 Å². The maximum atomic E-state index is 11.7. The van der Waals surface area contributed by atoms with Gasteiger partial charge in [0.1, 0.15) is 5.69 Å². The first-order chi connectivity index (χ1) is 8.79. The number of carbonyl (C=O) groups is 1. The molecule has 1 aromatic heterocycles. The number of hydrogen-bond acceptors (Lipinski definition) is 4. The van der Waals surface area contributed by atoms with Gasteiger partial charge in [0.2, 0.25) is 11.8 Å². The minimum absolute atomic E-state index is 0.0652. The number of carbonyl (C=O) groups excluding carboxylic acids is 1. The predicted octanol–water partition coefficient (Wildman–Crippen LogP) is 1.42. The number of aromatic nitrogens is 1. The van der Waals surface area contributed by atoms with Crippen LogP contribution in [-0.4, -0.2) is 30.6 Å². The van der Waals surface area contributed by atoms with Crippen molar-refractivity contribution in [3.8, 4) is 5.88 Å². The van der Waals surface area contributed by atoms with Crippen LogP contribution < -0.4 is 15.4 Å². The quantitative estimate of drug-likeness (QED) is 0.767. The molecule has 98 valence electrons. The molecular weight excluding hydrogens is 230 g/mol. The second kappa shape index (κ2) is 6.35. The number of ether oxygens (including phenoxy) is 1. The normalized spacial score (nSPS) is 14.3. The summed E-state index contributed by atoms with van der Waals surface area (Å²) in [5.74, 6) is 1.18. The summed E-state index contributed by atoms with van der Waals surface area (Å²) in [6.45, 7) is 3.67. The number of anilines is 1. The Morgan fingerprint density at radius 2 is 2.39 bits per heavy atom. The molecule has 1 aromatic rings. The molecule has 2 rings (SSSR count). The lowest BCUT2D eigenvalue weighted by Gasteiger charge is -2.10. The molecule has 0 aliphatic heterocycles. The third kappa shape index (κ3) is 4.00. The van der Waals surface area contributed by atoms with Gasteiger partial charge in [-0.15, -0.1) is 0 Å². The Morgan fingerprint density at radius 1 is 1.56 bits per heavy atom. The van der Waals surface area contributed by atoms with Gasteiger partial charge in [-0.05, 0) is 44.4 Å². The Bertz CT molecular complexity index is 405. The average molecular weight is 249 g/mol. The highest BCUT2D eigenvalue weighted by Crippen LogP contribution is 2.27. The topological polar surface area (TPSA) is 63.2 Å². The predicted molar refractivity (Wildman–Crippen MR) is 69.6 cm³/mol. The SMILES string of the molecule is CCOc1ncccc1NC(=O)CNCC1CC1. The van der Waals surface area contributed by atoms with E-state index in [4.69, 9.17) is 4.74 Å². The first kappa shape index (κ1) is 12.8. The molecular formula is C13H19N3O2. The number of pyridine rings is 1. The van der Waals surface area contributed by atoms with Crippen molar-refractivity contribution in [3.63, 3.8) is 0 Å². The number of amides is 1. The van der Waals surface area contributed by atoms with E-state index in [1.54, 1.807) is 18.3 Å². The van der Waals surface area contributed by atoms with Crippen LogP contribution in [0, 0.1) is 5.92 Å². The van der Waals surface area contributed by atoms with Crippen LogP contribution in [-0.2, 0) is 4.79 Å². The molecule has 0 radical (unpaired) electrons. The summed E-state index contributed by atoms with van der Waals surface area (Å²) >= 11 is 0. The van der Waals surface area contributed by atoms with Crippen molar-refractivity contribution in [1.82, 2.24) is 10.3 Å². The summed E-state index contributed by atoms with van der Waals surface area (Å²) < 4.78 is 5.34. The third-order valence-corrected chi connectivity index (χ3v) is 2.74. The Morgan fingerprint density at radius 3 is 3.11 bits per heavy atom. The van der Waals surface area contributed by atoms with E-state index >= 15 is 0 Å². The molecule has 0 spiro atoms. The van der Waals surface area contributed by atoms with Gasteiger partial charge in [0.15, 0.2) is 0 Å². The highest BCUT2D eigenvalue weighted by Gasteiger charge is 2.20. The Kier molecular flexibility index (Phi) is 4.52. The Labute approximate surface area is 107 Å². The summed E-state index contributed by atoms with van der Waals surface area (Å²) in [6, 6.07) is 3.56. The average Bonchev–Trinajstić information content (AvgIpc) is 3.16. The molecule has 1 amide bonds. The maximum Gasteiger partial charge on any atom is 0.238 e. The van der Waals surface area contributed by atoms with Crippen LogP contribution in [0.25, 0.3) is 0 Å². The second-order valence-corrected chi connectivity index (χ2v) is 4.41. The van der Waals surface area contributed by atoms with Gasteiger partial charge in [-0.3, -0.25) is 4.79 Å². The van der Waals surface area contributed by atoms with Crippen LogP contribution >= 0.6 is 0 Å². The van der Waals surface area contributed by atoms with Crippen molar-refractivity contribution in [2.75, 3.05) is 25.0 Å². The van der Waals surface area contributed by atoms with Gasteiger partial charge in [0.05, 0.1) is 13.2 Å². The highest BCUT2D eigenvalue weighted by atomic mass is 16.5. The summed E-state index contributed by atoms with van der Waals surface area (Å²) in [6.07, 6.45) is 4.21. The molecule has 1 fully saturated rings. The molecule has 2 N–H and O–H groups in total. The molecule has 5 heteroatoms. The van der Waals surface area contributed by atoms with E-state index in [1.807, 2.05) is 6.92 Å². The van der Waals surface area contributed by atoms with Crippen molar-refractivity contribution < 1.29 is 9.53 Å². The summed E-state index contributed by atoms with van der Waals surface area (Å²) in [7, 11) is 0. The summed E-state index contributed by atoms with van der Waals surface area (Å²) in [5.41, 5.74) is 0.623. The smallest absolute Gasteiger partial charge is 0.238 e. The fourth-order valence-electron chi connectivity index (χ4n) is 1.64. The third-order valence-electron chi connectivity index (χ3n) is 2.74. The lowest BCUT2D eigenvalue weighted by molar-refractivity contribution is -0.115. The molecule has 0 saturated heterocycles. The van der Waals surface area contributed by atoms with E-state index in [-0.39, 0.29) is 5.91 Å². The van der Waals surface area contributed by atoms with E-state index in [1.165, 1.54) is 12.8 Å². The van der Waals surface area contributed by atoms with Crippen LogP contribution in [0.2, 0.25) is 0 Å². The van der Waals surface area contributed by atoms with Gasteiger partial charge in [-0.25, -0.2) is 4.98 Å². The van der Waals surface area contributed by atoms with Crippen LogP contribution in [0.4, 0.5) is 5.69 Å². The molecule has 0 atom stereocenters. The lowest BCUT2D eigenvalue weighted by Crippen LogP contribution is -2.29. The van der Waals surface area contributed by atoms with Crippen molar-refractivity contribution in [1.29, 1.82) is 0 Å². The van der Waals surface area contributed by atoms with E-state index < -0.39 is 0 Å². The number of nitrogens with one attached hydrogen (secondary N) is 2. The van der Waals surface area contributed by atoms with E-state index in [0.717, 1.165) is 12.5 Å². The Hall–Kier alpha value is -1.62. The fourth-order valence-corrected chi connectivity index (χ4v) is 1.64. The van der Waals surface area contributed by atoms with Crippen LogP contribution in [0.3, 0.4) is 0 Å². The molecule has 1 heterocycles. The summed E-state index contributed by atoms with van der Waals surface area (Å²) in [4.78, 5) is 15.8. The summed E-state index contributed by atoms with van der Waals surface area (Å²) in [5, 5.41) is 5.95. The van der Waals surface area contributed by atoms with Crippen molar-refractivity contribution >= 4 is 11.6 Å². The van der Waals surface area contributed by atoms with Gasteiger partial charge >= 0.3 is 0 Å². The number of hydrogen-bond donors (Lipinski definition) is 2. The minimum Gasteiger partial charge on any atom is -0.476 e. The van der Waals surface area contributed by atoms with Crippen molar-refractivity contribution in [2.45, 2.75) is 19.8 Å². The lowest BCUT2D eigenvalue weighted by atomic mass is 10.4. The molecule has 1 aliphatic rings. The van der Waals surface area contributed by atoms with E-state index in [2.05, 4.69) is 15.6 Å². The van der Waals surface area contributed by atoms with Gasteiger partial charge < -0.3 is 15.4 Å². The number of nitrogens with zero attached hydrogens (tertiary/aromatic N) is 1. The molecule has 0 bridgehead atoms. The molecule has 18 heavy (non-hydrogen) atoms. The zero-order valence-electron chi connectivity index (χ0n) is 10.6. The van der Waals surface area contributed by atoms with Gasteiger partial charge in [-0.1, -0.05) is 0 Å². The molecule has 0 unspecified atom stereocenters. The van der Waals surface area contributed by atoms with E-state index in [9.17, 15) is 4.79 Å². The van der Waals surface area contributed by atoms with Gasteiger partial charge in [-0.2, -0.15) is 0 Å². The largest absolute Gasteiger partial charge is 0.476 e. The molecule has 1 aliphatic carbocycles. The minimum atomic E-state index is -0.0652. The zero-order valence-corrected chi connectivity index (χ0v) is 10.6. The zero-order chi connectivity index (χ0) is 12.8. The first-order valence-corrected chi connectivity index (χ1v) is 6.38. The first-order valence-electron chi connectivity index (χ1n) is 6.38. The fraction of sp³-hybridized carbons (Fsp3) is 0.538. The van der Waals surface area contributed by atoms with Crippen molar-refractivity contribution in [3.05, 3.63) is 18.3 Å². The van der Waals surface area contributed by atoms with Crippen LogP contribution in [0.1, 0.15) is 19.8 Å². The maximum absolute atomic E-state index is 11.7. The molecule has 5 nitrogen and oxygen atoms in total. The van der Waals surface area contributed by atoms with Crippen molar-refractivity contribution in [2.24, 2.45) is 5.92 Å². The number of rotatable bonds is 7. The molecule has 0 aromatic carbocycles. The second-order valence-electron chi connectivity index (χ2n) is 4.41. The van der Waals surface area contributed by atoms with Gasteiger partial charge in [0.25, 0.3) is 0 Å². The molecule has 1 saturated carbocycles. The monoisotopic (exact) mass is 249 g/mol.